The second kappa shape index (κ2) is 4.38. The Labute approximate surface area is 117 Å². The van der Waals surface area contributed by atoms with E-state index in [4.69, 9.17) is 11.6 Å². The maximum absolute atomic E-state index is 13.5. The van der Waals surface area contributed by atoms with Gasteiger partial charge in [0.2, 0.25) is 0 Å². The van der Waals surface area contributed by atoms with E-state index in [9.17, 15) is 18.4 Å². The number of hydrogen-bond acceptors (Lipinski definition) is 2. The zero-order valence-electron chi connectivity index (χ0n) is 9.86. The minimum atomic E-state index is -1.03. The van der Waals surface area contributed by atoms with Gasteiger partial charge >= 0.3 is 0 Å². The molecule has 3 rings (SSSR count). The molecule has 0 N–H and O–H groups in total. The first-order chi connectivity index (χ1) is 9.50. The smallest absolute Gasteiger partial charge is 0.266 e. The first-order valence-electron chi connectivity index (χ1n) is 5.63. The third-order valence-electron chi connectivity index (χ3n) is 3.01. The molecule has 1 aliphatic rings. The van der Waals surface area contributed by atoms with Crippen LogP contribution >= 0.6 is 11.6 Å². The van der Waals surface area contributed by atoms with Gasteiger partial charge in [-0.15, -0.1) is 0 Å². The summed E-state index contributed by atoms with van der Waals surface area (Å²) >= 11 is 5.73. The Balaban J connectivity index is 2.19. The number of anilines is 1. The van der Waals surface area contributed by atoms with Crippen LogP contribution in [0.2, 0.25) is 5.02 Å². The Kier molecular flexibility index (Phi) is 2.79. The molecule has 100 valence electrons. The summed E-state index contributed by atoms with van der Waals surface area (Å²) in [6.45, 7) is 0. The summed E-state index contributed by atoms with van der Waals surface area (Å²) in [5.41, 5.74) is 0.0619. The molecule has 1 heterocycles. The predicted octanol–water partition coefficient (Wildman–Crippen LogP) is 3.42. The number of benzene rings is 2. The Morgan fingerprint density at radius 2 is 1.50 bits per heavy atom. The fourth-order valence-corrected chi connectivity index (χ4v) is 2.31. The molecule has 2 aromatic rings. The highest BCUT2D eigenvalue weighted by molar-refractivity contribution is 6.39. The molecule has 0 spiro atoms. The van der Waals surface area contributed by atoms with Crippen molar-refractivity contribution in [1.29, 1.82) is 0 Å². The van der Waals surface area contributed by atoms with Gasteiger partial charge in [0.25, 0.3) is 11.8 Å². The number of imide groups is 1. The lowest BCUT2D eigenvalue weighted by molar-refractivity contribution is 0.0926. The minimum Gasteiger partial charge on any atom is -0.268 e. The van der Waals surface area contributed by atoms with Crippen molar-refractivity contribution in [1.82, 2.24) is 0 Å². The average molecular weight is 294 g/mol. The van der Waals surface area contributed by atoms with Gasteiger partial charge in [-0.05, 0) is 18.2 Å². The topological polar surface area (TPSA) is 37.4 Å². The lowest BCUT2D eigenvalue weighted by Gasteiger charge is -2.15. The van der Waals surface area contributed by atoms with Crippen molar-refractivity contribution in [2.75, 3.05) is 4.90 Å². The molecule has 3 nitrogen and oxygen atoms in total. The molecular formula is C14H6ClF2NO2. The number of hydrogen-bond donors (Lipinski definition) is 0. The van der Waals surface area contributed by atoms with E-state index in [0.717, 1.165) is 6.07 Å². The Morgan fingerprint density at radius 3 is 2.05 bits per heavy atom. The van der Waals surface area contributed by atoms with Crippen molar-refractivity contribution in [3.63, 3.8) is 0 Å². The fourth-order valence-electron chi connectivity index (χ4n) is 2.11. The molecule has 0 radical (unpaired) electrons. The van der Waals surface area contributed by atoms with E-state index in [2.05, 4.69) is 0 Å². The predicted molar refractivity (Wildman–Crippen MR) is 69.0 cm³/mol. The molecular weight excluding hydrogens is 288 g/mol. The van der Waals surface area contributed by atoms with E-state index in [1.54, 1.807) is 12.1 Å². The first-order valence-corrected chi connectivity index (χ1v) is 6.01. The summed E-state index contributed by atoms with van der Waals surface area (Å²) in [6, 6.07) is 7.58. The molecule has 0 unspecified atom stereocenters. The highest BCUT2D eigenvalue weighted by Gasteiger charge is 2.38. The van der Waals surface area contributed by atoms with Crippen molar-refractivity contribution in [2.24, 2.45) is 0 Å². The minimum absolute atomic E-state index is 0.179. The molecule has 0 saturated carbocycles. The number of fused-ring (bicyclic) bond motifs is 1. The molecule has 1 aliphatic heterocycles. The van der Waals surface area contributed by atoms with Gasteiger partial charge in [0.1, 0.15) is 16.7 Å². The second-order valence-corrected chi connectivity index (χ2v) is 4.59. The largest absolute Gasteiger partial charge is 0.268 e. The van der Waals surface area contributed by atoms with Crippen molar-refractivity contribution < 1.29 is 18.4 Å². The number of halogens is 3. The lowest BCUT2D eigenvalue weighted by atomic mass is 10.1. The van der Waals surface area contributed by atoms with Crippen LogP contribution in [-0.2, 0) is 0 Å². The van der Waals surface area contributed by atoms with E-state index < -0.39 is 28.5 Å². The number of amides is 2. The molecule has 0 aliphatic carbocycles. The average Bonchev–Trinajstić information content (AvgIpc) is 2.67. The van der Waals surface area contributed by atoms with E-state index >= 15 is 0 Å². The van der Waals surface area contributed by atoms with Crippen molar-refractivity contribution in [2.45, 2.75) is 0 Å². The van der Waals surface area contributed by atoms with Gasteiger partial charge in [-0.1, -0.05) is 23.7 Å². The van der Waals surface area contributed by atoms with Gasteiger partial charge in [0, 0.05) is 6.07 Å². The lowest BCUT2D eigenvalue weighted by Crippen LogP contribution is -2.30. The summed E-state index contributed by atoms with van der Waals surface area (Å²) in [6.07, 6.45) is 0. The zero-order valence-corrected chi connectivity index (χ0v) is 10.6. The monoisotopic (exact) mass is 293 g/mol. The number of carbonyl (C=O) groups excluding carboxylic acids is 2. The van der Waals surface area contributed by atoms with Crippen LogP contribution in [0.3, 0.4) is 0 Å². The second-order valence-electron chi connectivity index (χ2n) is 4.21. The summed E-state index contributed by atoms with van der Waals surface area (Å²) in [5.74, 6) is -3.26. The van der Waals surface area contributed by atoms with Gasteiger partial charge in [-0.25, -0.2) is 13.7 Å². The van der Waals surface area contributed by atoms with E-state index in [-0.39, 0.29) is 16.8 Å². The maximum atomic E-state index is 13.5. The summed E-state index contributed by atoms with van der Waals surface area (Å²) < 4.78 is 26.8. The van der Waals surface area contributed by atoms with Crippen LogP contribution in [0, 0.1) is 11.6 Å². The van der Waals surface area contributed by atoms with Crippen LogP contribution in [0.5, 0.6) is 0 Å². The molecule has 0 aromatic heterocycles. The molecule has 0 saturated heterocycles. The van der Waals surface area contributed by atoms with Gasteiger partial charge in [0.15, 0.2) is 0 Å². The first kappa shape index (κ1) is 12.7. The Morgan fingerprint density at radius 1 is 0.950 bits per heavy atom. The SMILES string of the molecule is O=C1c2ccccc2C(=O)N1c1cc(F)cc(F)c1Cl. The van der Waals surface area contributed by atoms with Crippen molar-refractivity contribution in [3.8, 4) is 0 Å². The van der Waals surface area contributed by atoms with Crippen molar-refractivity contribution in [3.05, 3.63) is 64.2 Å². The van der Waals surface area contributed by atoms with Gasteiger partial charge in [-0.2, -0.15) is 0 Å². The molecule has 6 heteroatoms. The third-order valence-corrected chi connectivity index (χ3v) is 3.38. The molecule has 20 heavy (non-hydrogen) atoms. The molecule has 2 amide bonds. The van der Waals surface area contributed by atoms with Gasteiger partial charge in [0.05, 0.1) is 16.8 Å². The Hall–Kier alpha value is -2.27. The summed E-state index contributed by atoms with van der Waals surface area (Å²) in [4.78, 5) is 25.0. The standard InChI is InChI=1S/C14H6ClF2NO2/c15-12-10(17)5-7(16)6-11(12)18-13(19)8-3-1-2-4-9(8)14(18)20/h1-6H. The fraction of sp³-hybridized carbons (Fsp3) is 0. The van der Waals surface area contributed by atoms with Crippen LogP contribution in [0.4, 0.5) is 14.5 Å². The van der Waals surface area contributed by atoms with E-state index in [1.807, 2.05) is 0 Å². The molecule has 2 aromatic carbocycles. The van der Waals surface area contributed by atoms with E-state index in [1.165, 1.54) is 12.1 Å². The van der Waals surface area contributed by atoms with Gasteiger partial charge < -0.3 is 0 Å². The molecule has 0 fully saturated rings. The van der Waals surface area contributed by atoms with Crippen molar-refractivity contribution >= 4 is 29.1 Å². The van der Waals surface area contributed by atoms with Crippen LogP contribution in [0.25, 0.3) is 0 Å². The van der Waals surface area contributed by atoms with Crippen LogP contribution < -0.4 is 4.90 Å². The third kappa shape index (κ3) is 1.71. The molecule has 0 atom stereocenters. The number of nitrogens with zero attached hydrogens (tertiary/aromatic N) is 1. The van der Waals surface area contributed by atoms with Crippen LogP contribution in [0.15, 0.2) is 36.4 Å². The summed E-state index contributed by atoms with van der Waals surface area (Å²) in [7, 11) is 0. The van der Waals surface area contributed by atoms with Gasteiger partial charge in [-0.3, -0.25) is 9.59 Å². The summed E-state index contributed by atoms with van der Waals surface area (Å²) in [5, 5.41) is -0.471. The normalized spacial score (nSPS) is 13.8. The van der Waals surface area contributed by atoms with Crippen LogP contribution in [0.1, 0.15) is 20.7 Å². The zero-order chi connectivity index (χ0) is 14.4. The number of rotatable bonds is 1. The molecule has 0 bridgehead atoms. The Bertz CT molecular complexity index is 726. The van der Waals surface area contributed by atoms with Crippen LogP contribution in [-0.4, -0.2) is 11.8 Å². The highest BCUT2D eigenvalue weighted by Crippen LogP contribution is 2.35. The number of carbonyl (C=O) groups is 2. The van der Waals surface area contributed by atoms with E-state index in [0.29, 0.717) is 11.0 Å². The highest BCUT2D eigenvalue weighted by atomic mass is 35.5. The maximum Gasteiger partial charge on any atom is 0.266 e. The quantitative estimate of drug-likeness (QED) is 0.597.